The Hall–Kier alpha value is -2.40. The number of unbranched alkanes of at least 4 members (excludes halogenated alkanes) is 1. The van der Waals surface area contributed by atoms with Crippen LogP contribution in [0.25, 0.3) is 0 Å². The van der Waals surface area contributed by atoms with Gasteiger partial charge in [0.1, 0.15) is 11.4 Å². The van der Waals surface area contributed by atoms with Gasteiger partial charge in [-0.1, -0.05) is 18.2 Å². The number of aldehydes is 1. The Morgan fingerprint density at radius 1 is 1.00 bits per heavy atom. The van der Waals surface area contributed by atoms with Crippen molar-refractivity contribution >= 4 is 12.0 Å². The van der Waals surface area contributed by atoms with Crippen LogP contribution in [0.2, 0.25) is 0 Å². The molecule has 1 aromatic carbocycles. The van der Waals surface area contributed by atoms with Crippen molar-refractivity contribution in [1.29, 1.82) is 0 Å². The van der Waals surface area contributed by atoms with Crippen molar-refractivity contribution in [2.24, 2.45) is 0 Å². The number of carbonyl (C=O) groups excluding carboxylic acids is 1. The molecule has 0 radical (unpaired) electrons. The summed E-state index contributed by atoms with van der Waals surface area (Å²) >= 11 is 0. The van der Waals surface area contributed by atoms with Crippen molar-refractivity contribution in [3.8, 4) is 5.75 Å². The topological polar surface area (TPSA) is 56.7 Å². The molecule has 5 nitrogen and oxygen atoms in total. The lowest BCUT2D eigenvalue weighted by molar-refractivity contribution is 0.111. The van der Waals surface area contributed by atoms with E-state index in [1.165, 1.54) is 5.69 Å². The zero-order chi connectivity index (χ0) is 17.5. The molecule has 0 spiro atoms. The fourth-order valence-electron chi connectivity index (χ4n) is 3.25. The maximum atomic E-state index is 10.8. The van der Waals surface area contributed by atoms with E-state index in [0.29, 0.717) is 6.29 Å². The molecule has 0 amide bonds. The molecule has 1 aliphatic heterocycles. The van der Waals surface area contributed by atoms with Crippen LogP contribution < -0.4 is 4.90 Å². The number of carbonyl (C=O) groups is 1. The first-order valence-electron chi connectivity index (χ1n) is 8.92. The lowest BCUT2D eigenvalue weighted by Gasteiger charge is -2.36. The minimum atomic E-state index is -0.0463. The molecule has 1 N–H and O–H groups in total. The highest BCUT2D eigenvalue weighted by molar-refractivity contribution is 5.75. The zero-order valence-corrected chi connectivity index (χ0v) is 14.5. The van der Waals surface area contributed by atoms with E-state index in [1.54, 1.807) is 12.1 Å². The van der Waals surface area contributed by atoms with Crippen molar-refractivity contribution in [1.82, 2.24) is 9.88 Å². The molecule has 2 heterocycles. The lowest BCUT2D eigenvalue weighted by atomic mass is 10.1. The number of hydrogen-bond donors (Lipinski definition) is 1. The molecule has 25 heavy (non-hydrogen) atoms. The van der Waals surface area contributed by atoms with Crippen molar-refractivity contribution in [3.05, 3.63) is 53.9 Å². The van der Waals surface area contributed by atoms with Gasteiger partial charge in [-0.15, -0.1) is 0 Å². The number of piperazine rings is 1. The van der Waals surface area contributed by atoms with Crippen LogP contribution in [0.1, 0.15) is 29.0 Å². The number of hydrogen-bond acceptors (Lipinski definition) is 5. The molecule has 2 aromatic rings. The molecule has 0 saturated carbocycles. The molecule has 5 heteroatoms. The van der Waals surface area contributed by atoms with Gasteiger partial charge in [0.2, 0.25) is 0 Å². The number of aromatic nitrogens is 1. The molecular formula is C20H25N3O2. The summed E-state index contributed by atoms with van der Waals surface area (Å²) in [7, 11) is 0. The van der Waals surface area contributed by atoms with Gasteiger partial charge in [-0.25, -0.2) is 4.98 Å². The molecule has 132 valence electrons. The summed E-state index contributed by atoms with van der Waals surface area (Å²) < 4.78 is 0. The van der Waals surface area contributed by atoms with Crippen LogP contribution in [0.5, 0.6) is 5.75 Å². The van der Waals surface area contributed by atoms with E-state index in [1.807, 2.05) is 0 Å². The van der Waals surface area contributed by atoms with Crippen LogP contribution in [0.15, 0.2) is 42.5 Å². The Morgan fingerprint density at radius 3 is 2.48 bits per heavy atom. The van der Waals surface area contributed by atoms with Gasteiger partial charge in [0, 0.05) is 37.6 Å². The van der Waals surface area contributed by atoms with Gasteiger partial charge >= 0.3 is 0 Å². The number of anilines is 1. The van der Waals surface area contributed by atoms with Crippen molar-refractivity contribution in [3.63, 3.8) is 0 Å². The predicted molar refractivity (Wildman–Crippen MR) is 99.3 cm³/mol. The predicted octanol–water partition coefficient (Wildman–Crippen LogP) is 2.74. The average molecular weight is 339 g/mol. The van der Waals surface area contributed by atoms with Crippen LogP contribution in [0.4, 0.5) is 5.69 Å². The first kappa shape index (κ1) is 17.4. The highest BCUT2D eigenvalue weighted by atomic mass is 16.3. The number of aryl methyl sites for hydroxylation is 1. The summed E-state index contributed by atoms with van der Waals surface area (Å²) in [5.41, 5.74) is 2.31. The van der Waals surface area contributed by atoms with E-state index in [0.717, 1.165) is 57.7 Å². The van der Waals surface area contributed by atoms with Crippen LogP contribution >= 0.6 is 0 Å². The summed E-state index contributed by atoms with van der Waals surface area (Å²) in [6.07, 6.45) is 3.59. The molecular weight excluding hydrogens is 314 g/mol. The van der Waals surface area contributed by atoms with Crippen LogP contribution in [-0.2, 0) is 6.42 Å². The molecule has 0 atom stereocenters. The van der Waals surface area contributed by atoms with E-state index >= 15 is 0 Å². The number of rotatable bonds is 7. The fraction of sp³-hybridized carbons (Fsp3) is 0.400. The summed E-state index contributed by atoms with van der Waals surface area (Å²) in [4.78, 5) is 19.9. The Balaban J connectivity index is 1.37. The quantitative estimate of drug-likeness (QED) is 0.621. The van der Waals surface area contributed by atoms with Crippen LogP contribution in [0, 0.1) is 0 Å². The highest BCUT2D eigenvalue weighted by Gasteiger charge is 2.16. The van der Waals surface area contributed by atoms with Gasteiger partial charge in [-0.2, -0.15) is 0 Å². The molecule has 0 bridgehead atoms. The molecule has 1 aromatic heterocycles. The molecule has 1 aliphatic rings. The standard InChI is InChI=1S/C20H25N3O2/c24-16-19-20(25)10-9-17(21-19)6-4-5-11-22-12-14-23(15-13-22)18-7-2-1-3-8-18/h1-3,7-10,16,25H,4-6,11-15H2. The normalized spacial score (nSPS) is 15.3. The highest BCUT2D eigenvalue weighted by Crippen LogP contribution is 2.16. The van der Waals surface area contributed by atoms with Crippen molar-refractivity contribution in [2.75, 3.05) is 37.6 Å². The third kappa shape index (κ3) is 4.79. The zero-order valence-electron chi connectivity index (χ0n) is 14.5. The van der Waals surface area contributed by atoms with Gasteiger partial charge < -0.3 is 10.0 Å². The van der Waals surface area contributed by atoms with E-state index in [4.69, 9.17) is 0 Å². The van der Waals surface area contributed by atoms with Gasteiger partial charge in [-0.3, -0.25) is 9.69 Å². The molecule has 0 aliphatic carbocycles. The number of nitrogens with zero attached hydrogens (tertiary/aromatic N) is 3. The Morgan fingerprint density at radius 2 is 1.76 bits per heavy atom. The second kappa shape index (κ2) is 8.62. The van der Waals surface area contributed by atoms with Crippen molar-refractivity contribution < 1.29 is 9.90 Å². The second-order valence-electron chi connectivity index (χ2n) is 6.45. The van der Waals surface area contributed by atoms with Crippen molar-refractivity contribution in [2.45, 2.75) is 19.3 Å². The summed E-state index contributed by atoms with van der Waals surface area (Å²) in [5, 5.41) is 9.48. The minimum Gasteiger partial charge on any atom is -0.506 e. The number of benzene rings is 1. The van der Waals surface area contributed by atoms with Gasteiger partial charge in [0.25, 0.3) is 0 Å². The number of aromatic hydroxyl groups is 1. The van der Waals surface area contributed by atoms with E-state index in [9.17, 15) is 9.90 Å². The lowest BCUT2D eigenvalue weighted by Crippen LogP contribution is -2.46. The molecule has 0 unspecified atom stereocenters. The molecule has 1 fully saturated rings. The molecule has 1 saturated heterocycles. The van der Waals surface area contributed by atoms with Crippen LogP contribution in [0.3, 0.4) is 0 Å². The molecule has 3 rings (SSSR count). The van der Waals surface area contributed by atoms with E-state index in [2.05, 4.69) is 45.1 Å². The third-order valence-electron chi connectivity index (χ3n) is 4.72. The summed E-state index contributed by atoms with van der Waals surface area (Å²) in [6, 6.07) is 13.9. The maximum absolute atomic E-state index is 10.8. The first-order valence-corrected chi connectivity index (χ1v) is 8.92. The van der Waals surface area contributed by atoms with Gasteiger partial charge in [-0.05, 0) is 50.1 Å². The summed E-state index contributed by atoms with van der Waals surface area (Å²) in [6.45, 7) is 5.45. The SMILES string of the molecule is O=Cc1nc(CCCCN2CCN(c3ccccc3)CC2)ccc1O. The second-order valence-corrected chi connectivity index (χ2v) is 6.45. The monoisotopic (exact) mass is 339 g/mol. The maximum Gasteiger partial charge on any atom is 0.172 e. The Kier molecular flexibility index (Phi) is 6.01. The van der Waals surface area contributed by atoms with Gasteiger partial charge in [0.15, 0.2) is 6.29 Å². The average Bonchev–Trinajstić information content (AvgIpc) is 2.67. The number of para-hydroxylation sites is 1. The number of pyridine rings is 1. The van der Waals surface area contributed by atoms with Gasteiger partial charge in [0.05, 0.1) is 0 Å². The fourth-order valence-corrected chi connectivity index (χ4v) is 3.25. The summed E-state index contributed by atoms with van der Waals surface area (Å²) in [5.74, 6) is -0.0463. The minimum absolute atomic E-state index is 0.0463. The largest absolute Gasteiger partial charge is 0.506 e. The van der Waals surface area contributed by atoms with E-state index in [-0.39, 0.29) is 11.4 Å². The van der Waals surface area contributed by atoms with E-state index < -0.39 is 0 Å². The Bertz CT molecular complexity index is 683. The first-order chi connectivity index (χ1) is 12.3. The smallest absolute Gasteiger partial charge is 0.172 e. The third-order valence-corrected chi connectivity index (χ3v) is 4.72. The van der Waals surface area contributed by atoms with Crippen LogP contribution in [-0.4, -0.2) is 54.0 Å². The Labute approximate surface area is 148 Å².